The highest BCUT2D eigenvalue weighted by molar-refractivity contribution is 7.89. The van der Waals surface area contributed by atoms with Crippen LogP contribution in [-0.2, 0) is 29.1 Å². The molecular formula is C19H24ClN3O7S. The number of hydrogen-bond acceptors (Lipinski definition) is 7. The molecule has 1 aliphatic rings. The Hall–Kier alpha value is -2.63. The number of urea groups is 1. The van der Waals surface area contributed by atoms with E-state index in [9.17, 15) is 22.8 Å². The van der Waals surface area contributed by atoms with Crippen LogP contribution in [0.15, 0.2) is 40.4 Å². The number of carbonyl (C=O) groups is 3. The molecule has 0 radical (unpaired) electrons. The fourth-order valence-electron chi connectivity index (χ4n) is 2.78. The van der Waals surface area contributed by atoms with Gasteiger partial charge in [-0.2, -0.15) is 0 Å². The molecule has 0 saturated heterocycles. The van der Waals surface area contributed by atoms with Crippen LogP contribution < -0.4 is 15.4 Å². The zero-order valence-corrected chi connectivity index (χ0v) is 18.6. The van der Waals surface area contributed by atoms with Gasteiger partial charge in [0.2, 0.25) is 10.0 Å². The second-order valence-corrected chi connectivity index (χ2v) is 8.64. The maximum atomic E-state index is 12.3. The van der Waals surface area contributed by atoms with Crippen LogP contribution >= 0.6 is 11.6 Å². The number of rotatable bonds is 10. The molecule has 1 aromatic rings. The fourth-order valence-corrected chi connectivity index (χ4v) is 3.94. The largest absolute Gasteiger partial charge is 0.463 e. The molecule has 0 saturated carbocycles. The molecule has 0 spiro atoms. The number of hydrogen-bond donors (Lipinski definition) is 3. The van der Waals surface area contributed by atoms with Gasteiger partial charge in [0.25, 0.3) is 0 Å². The van der Waals surface area contributed by atoms with E-state index in [0.717, 1.165) is 0 Å². The molecule has 3 N–H and O–H groups in total. The van der Waals surface area contributed by atoms with Crippen LogP contribution in [0.25, 0.3) is 0 Å². The smallest absolute Gasteiger partial charge is 0.338 e. The Morgan fingerprint density at radius 2 is 1.84 bits per heavy atom. The molecule has 0 fully saturated rings. The summed E-state index contributed by atoms with van der Waals surface area (Å²) in [5.41, 5.74) is 0.310. The highest BCUT2D eigenvalue weighted by atomic mass is 35.5. The van der Waals surface area contributed by atoms with E-state index in [4.69, 9.17) is 21.1 Å². The third kappa shape index (κ3) is 6.94. The minimum absolute atomic E-state index is 0.0116. The summed E-state index contributed by atoms with van der Waals surface area (Å²) < 4.78 is 36.8. The molecule has 0 aliphatic carbocycles. The first kappa shape index (κ1) is 24.6. The summed E-state index contributed by atoms with van der Waals surface area (Å²) in [5, 5.41) is 5.47. The molecule has 1 aromatic carbocycles. The molecule has 0 bridgehead atoms. The van der Waals surface area contributed by atoms with Crippen molar-refractivity contribution in [1.82, 2.24) is 15.4 Å². The van der Waals surface area contributed by atoms with Crippen molar-refractivity contribution in [3.05, 3.63) is 40.6 Å². The molecule has 2 amide bonds. The van der Waals surface area contributed by atoms with Gasteiger partial charge >= 0.3 is 18.0 Å². The quantitative estimate of drug-likeness (QED) is 0.437. The van der Waals surface area contributed by atoms with Gasteiger partial charge in [0.1, 0.15) is 6.61 Å². The summed E-state index contributed by atoms with van der Waals surface area (Å²) in [5.74, 6) is -1.33. The van der Waals surface area contributed by atoms with Crippen LogP contribution in [0.1, 0.15) is 26.7 Å². The Bertz CT molecular complexity index is 961. The van der Waals surface area contributed by atoms with Gasteiger partial charge in [-0.25, -0.2) is 22.7 Å². The summed E-state index contributed by atoms with van der Waals surface area (Å²) in [6.45, 7) is 3.03. The number of benzene rings is 1. The standard InChI is InChI=1S/C19H24ClN3O7S/c1-3-14-17(18(25)29-4-2)15(23-19(26)22-14)11-30-16(24)9-10-21-31(27,28)13-7-5-12(20)6-8-13/h5-8,14,21H,3-4,9-11H2,1-2H3,(H2,22,23,26)/t14-/m1/s1. The number of carbonyl (C=O) groups excluding carboxylic acids is 3. The van der Waals surface area contributed by atoms with Crippen LogP contribution in [0.2, 0.25) is 5.02 Å². The van der Waals surface area contributed by atoms with E-state index >= 15 is 0 Å². The molecular weight excluding hydrogens is 450 g/mol. The van der Waals surface area contributed by atoms with Crippen LogP contribution in [0.5, 0.6) is 0 Å². The normalized spacial score (nSPS) is 16.4. The van der Waals surface area contributed by atoms with Gasteiger partial charge in [-0.15, -0.1) is 0 Å². The number of amides is 2. The minimum Gasteiger partial charge on any atom is -0.463 e. The number of halogens is 1. The first-order valence-corrected chi connectivity index (χ1v) is 11.4. The summed E-state index contributed by atoms with van der Waals surface area (Å²) in [6.07, 6.45) is 0.184. The predicted octanol–water partition coefficient (Wildman–Crippen LogP) is 1.46. The van der Waals surface area contributed by atoms with Crippen molar-refractivity contribution < 1.29 is 32.3 Å². The van der Waals surface area contributed by atoms with Crippen molar-refractivity contribution in [1.29, 1.82) is 0 Å². The van der Waals surface area contributed by atoms with Crippen molar-refractivity contribution in [3.63, 3.8) is 0 Å². The van der Waals surface area contributed by atoms with Gasteiger partial charge < -0.3 is 20.1 Å². The average Bonchev–Trinajstić information content (AvgIpc) is 2.72. The van der Waals surface area contributed by atoms with Crippen LogP contribution in [0.4, 0.5) is 4.79 Å². The zero-order chi connectivity index (χ0) is 23.0. The molecule has 10 nitrogen and oxygen atoms in total. The SMILES string of the molecule is CCOC(=O)C1=C(COC(=O)CCNS(=O)(=O)c2ccc(Cl)cc2)NC(=O)N[C@@H]1CC. The van der Waals surface area contributed by atoms with E-state index in [0.29, 0.717) is 11.4 Å². The average molecular weight is 474 g/mol. The van der Waals surface area contributed by atoms with Gasteiger partial charge in [-0.05, 0) is 37.6 Å². The molecule has 31 heavy (non-hydrogen) atoms. The van der Waals surface area contributed by atoms with Crippen molar-refractivity contribution in [2.45, 2.75) is 37.6 Å². The van der Waals surface area contributed by atoms with Crippen LogP contribution in [0, 0.1) is 0 Å². The molecule has 1 heterocycles. The van der Waals surface area contributed by atoms with Crippen LogP contribution in [0.3, 0.4) is 0 Å². The molecule has 2 rings (SSSR count). The van der Waals surface area contributed by atoms with Crippen molar-refractivity contribution in [2.24, 2.45) is 0 Å². The van der Waals surface area contributed by atoms with E-state index < -0.39 is 34.0 Å². The summed E-state index contributed by atoms with van der Waals surface area (Å²) >= 11 is 5.74. The van der Waals surface area contributed by atoms with E-state index in [1.807, 2.05) is 0 Å². The summed E-state index contributed by atoms with van der Waals surface area (Å²) in [4.78, 5) is 36.1. The third-order valence-electron chi connectivity index (χ3n) is 4.27. The zero-order valence-electron chi connectivity index (χ0n) is 17.1. The maximum absolute atomic E-state index is 12.3. The van der Waals surface area contributed by atoms with E-state index in [1.54, 1.807) is 13.8 Å². The lowest BCUT2D eigenvalue weighted by atomic mass is 10.0. The second kappa shape index (κ2) is 11.1. The fraction of sp³-hybridized carbons (Fsp3) is 0.421. The third-order valence-corrected chi connectivity index (χ3v) is 6.00. The number of ether oxygens (including phenoxy) is 2. The first-order valence-electron chi connectivity index (χ1n) is 9.56. The lowest BCUT2D eigenvalue weighted by Gasteiger charge is -2.28. The van der Waals surface area contributed by atoms with E-state index in [2.05, 4.69) is 15.4 Å². The van der Waals surface area contributed by atoms with Gasteiger partial charge in [0, 0.05) is 11.6 Å². The monoisotopic (exact) mass is 473 g/mol. The predicted molar refractivity (Wildman–Crippen MR) is 112 cm³/mol. The molecule has 0 aromatic heterocycles. The molecule has 1 aliphatic heterocycles. The highest BCUT2D eigenvalue weighted by Crippen LogP contribution is 2.17. The minimum atomic E-state index is -3.80. The van der Waals surface area contributed by atoms with Gasteiger partial charge in [0.05, 0.1) is 35.2 Å². The lowest BCUT2D eigenvalue weighted by Crippen LogP contribution is -2.51. The number of sulfonamides is 1. The van der Waals surface area contributed by atoms with Gasteiger partial charge in [0.15, 0.2) is 0 Å². The van der Waals surface area contributed by atoms with Crippen molar-refractivity contribution in [2.75, 3.05) is 19.8 Å². The van der Waals surface area contributed by atoms with Crippen molar-refractivity contribution >= 4 is 39.6 Å². The number of nitrogens with one attached hydrogen (secondary N) is 3. The summed E-state index contributed by atoms with van der Waals surface area (Å²) in [6, 6.07) is 4.47. The second-order valence-electron chi connectivity index (χ2n) is 6.43. The van der Waals surface area contributed by atoms with Gasteiger partial charge in [-0.3, -0.25) is 4.79 Å². The Morgan fingerprint density at radius 3 is 2.45 bits per heavy atom. The molecule has 12 heteroatoms. The Morgan fingerprint density at radius 1 is 1.16 bits per heavy atom. The van der Waals surface area contributed by atoms with Crippen LogP contribution in [-0.4, -0.2) is 52.2 Å². The Labute approximate surface area is 185 Å². The van der Waals surface area contributed by atoms with Crippen molar-refractivity contribution in [3.8, 4) is 0 Å². The van der Waals surface area contributed by atoms with E-state index in [-0.39, 0.29) is 42.3 Å². The lowest BCUT2D eigenvalue weighted by molar-refractivity contribution is -0.143. The first-order chi connectivity index (χ1) is 14.7. The molecule has 170 valence electrons. The van der Waals surface area contributed by atoms with E-state index in [1.165, 1.54) is 24.3 Å². The summed E-state index contributed by atoms with van der Waals surface area (Å²) in [7, 11) is -3.80. The maximum Gasteiger partial charge on any atom is 0.338 e. The Balaban J connectivity index is 1.95. The molecule has 0 unspecified atom stereocenters. The highest BCUT2D eigenvalue weighted by Gasteiger charge is 2.32. The number of esters is 2. The molecule has 1 atom stereocenters. The topological polar surface area (TPSA) is 140 Å². The van der Waals surface area contributed by atoms with Gasteiger partial charge in [-0.1, -0.05) is 18.5 Å². The Kier molecular flexibility index (Phi) is 8.84.